The number of para-hydroxylation sites is 1. The van der Waals surface area contributed by atoms with Crippen molar-refractivity contribution in [2.75, 3.05) is 6.61 Å². The average molecular weight is 505 g/mol. The van der Waals surface area contributed by atoms with Crippen LogP contribution in [0.4, 0.5) is 0 Å². The number of aliphatic carboxylic acids is 1. The number of benzene rings is 1. The Morgan fingerprint density at radius 1 is 0.972 bits per heavy atom. The molecule has 1 aromatic heterocycles. The van der Waals surface area contributed by atoms with Crippen molar-refractivity contribution in [3.8, 4) is 0 Å². The molecule has 0 bridgehead atoms. The van der Waals surface area contributed by atoms with E-state index in [1.54, 1.807) is 20.0 Å². The monoisotopic (exact) mass is 504 g/mol. The first-order valence-corrected chi connectivity index (χ1v) is 11.3. The Labute approximate surface area is 207 Å². The van der Waals surface area contributed by atoms with Crippen molar-refractivity contribution >= 4 is 40.5 Å². The smallest absolute Gasteiger partial charge is 0.328 e. The highest BCUT2D eigenvalue weighted by molar-refractivity contribution is 5.95. The summed E-state index contributed by atoms with van der Waals surface area (Å²) in [6, 6.07) is 2.12. The number of aliphatic hydroxyl groups is 1. The van der Waals surface area contributed by atoms with Crippen molar-refractivity contribution in [1.82, 2.24) is 20.9 Å². The second-order valence-electron chi connectivity index (χ2n) is 8.71. The maximum atomic E-state index is 13.3. The van der Waals surface area contributed by atoms with E-state index in [9.17, 15) is 29.1 Å². The van der Waals surface area contributed by atoms with Crippen LogP contribution in [0.2, 0.25) is 0 Å². The predicted molar refractivity (Wildman–Crippen MR) is 129 cm³/mol. The van der Waals surface area contributed by atoms with E-state index in [-0.39, 0.29) is 6.42 Å². The molecule has 0 fully saturated rings. The topological polar surface area (TPSA) is 230 Å². The number of aromatic nitrogens is 1. The average Bonchev–Trinajstić information content (AvgIpc) is 3.22. The minimum Gasteiger partial charge on any atom is -0.480 e. The van der Waals surface area contributed by atoms with Gasteiger partial charge in [-0.1, -0.05) is 32.0 Å². The number of aliphatic hydroxyl groups excluding tert-OH is 1. The van der Waals surface area contributed by atoms with Crippen LogP contribution in [0.3, 0.4) is 0 Å². The van der Waals surface area contributed by atoms with Gasteiger partial charge in [-0.25, -0.2) is 4.79 Å². The lowest BCUT2D eigenvalue weighted by Gasteiger charge is -2.26. The third-order valence-corrected chi connectivity index (χ3v) is 5.53. The van der Waals surface area contributed by atoms with Crippen LogP contribution in [0.5, 0.6) is 0 Å². The normalized spacial score (nSPS) is 14.5. The number of H-pyrrole nitrogens is 1. The van der Waals surface area contributed by atoms with Gasteiger partial charge in [0.1, 0.15) is 18.1 Å². The minimum atomic E-state index is -1.55. The Bertz CT molecular complexity index is 1120. The van der Waals surface area contributed by atoms with Gasteiger partial charge in [-0.2, -0.15) is 0 Å². The van der Waals surface area contributed by atoms with Gasteiger partial charge < -0.3 is 42.6 Å². The Morgan fingerprint density at radius 3 is 2.19 bits per heavy atom. The summed E-state index contributed by atoms with van der Waals surface area (Å²) >= 11 is 0. The van der Waals surface area contributed by atoms with Gasteiger partial charge >= 0.3 is 5.97 Å². The van der Waals surface area contributed by atoms with Crippen molar-refractivity contribution in [2.24, 2.45) is 17.4 Å². The summed E-state index contributed by atoms with van der Waals surface area (Å²) in [5.74, 6) is -5.03. The fourth-order valence-electron chi connectivity index (χ4n) is 3.55. The molecule has 0 spiro atoms. The van der Waals surface area contributed by atoms with E-state index in [1.165, 1.54) is 0 Å². The SMILES string of the molecule is CC(C)C(NC(=O)C(Cc1c[nH]c2ccccc12)NC(=O)C(N)CC(N)=O)C(=O)NC(CO)C(=O)O. The number of primary amides is 1. The molecule has 1 heterocycles. The molecular weight excluding hydrogens is 472 g/mol. The molecule has 0 saturated carbocycles. The molecule has 36 heavy (non-hydrogen) atoms. The van der Waals surface area contributed by atoms with Gasteiger partial charge in [0.05, 0.1) is 19.1 Å². The molecule has 10 N–H and O–H groups in total. The Morgan fingerprint density at radius 2 is 1.61 bits per heavy atom. The number of rotatable bonds is 13. The van der Waals surface area contributed by atoms with Crippen LogP contribution >= 0.6 is 0 Å². The van der Waals surface area contributed by atoms with Gasteiger partial charge in [-0.05, 0) is 17.5 Å². The number of carbonyl (C=O) groups is 5. The number of carboxylic acids is 1. The molecule has 4 unspecified atom stereocenters. The number of nitrogens with two attached hydrogens (primary N) is 2. The zero-order valence-electron chi connectivity index (χ0n) is 20.0. The van der Waals surface area contributed by atoms with Crippen molar-refractivity contribution in [3.05, 3.63) is 36.0 Å². The van der Waals surface area contributed by atoms with Gasteiger partial charge in [0, 0.05) is 23.5 Å². The van der Waals surface area contributed by atoms with Crippen LogP contribution in [-0.2, 0) is 30.4 Å². The van der Waals surface area contributed by atoms with E-state index in [0.29, 0.717) is 5.56 Å². The molecule has 1 aromatic carbocycles. The fourth-order valence-corrected chi connectivity index (χ4v) is 3.55. The van der Waals surface area contributed by atoms with Gasteiger partial charge in [0.25, 0.3) is 0 Å². The van der Waals surface area contributed by atoms with Gasteiger partial charge in [0.2, 0.25) is 23.6 Å². The summed E-state index contributed by atoms with van der Waals surface area (Å²) in [6.07, 6.45) is 1.28. The molecule has 196 valence electrons. The zero-order chi connectivity index (χ0) is 27.0. The van der Waals surface area contributed by atoms with Crippen LogP contribution in [0.25, 0.3) is 10.9 Å². The van der Waals surface area contributed by atoms with E-state index in [0.717, 1.165) is 10.9 Å². The summed E-state index contributed by atoms with van der Waals surface area (Å²) in [5.41, 5.74) is 12.4. The number of amides is 4. The van der Waals surface area contributed by atoms with Crippen LogP contribution in [0, 0.1) is 5.92 Å². The van der Waals surface area contributed by atoms with E-state index in [2.05, 4.69) is 20.9 Å². The maximum Gasteiger partial charge on any atom is 0.328 e. The van der Waals surface area contributed by atoms with E-state index in [4.69, 9.17) is 16.6 Å². The van der Waals surface area contributed by atoms with Crippen molar-refractivity contribution in [3.63, 3.8) is 0 Å². The Hall–Kier alpha value is -3.97. The molecule has 4 atom stereocenters. The lowest BCUT2D eigenvalue weighted by Crippen LogP contribution is -2.59. The van der Waals surface area contributed by atoms with Crippen molar-refractivity contribution < 1.29 is 34.2 Å². The molecule has 0 aliphatic heterocycles. The highest BCUT2D eigenvalue weighted by Crippen LogP contribution is 2.19. The largest absolute Gasteiger partial charge is 0.480 e. The summed E-state index contributed by atoms with van der Waals surface area (Å²) in [5, 5.41) is 26.4. The van der Waals surface area contributed by atoms with Gasteiger partial charge in [-0.15, -0.1) is 0 Å². The number of nitrogens with one attached hydrogen (secondary N) is 4. The second kappa shape index (κ2) is 12.7. The molecule has 0 saturated heterocycles. The van der Waals surface area contributed by atoms with Crippen molar-refractivity contribution in [2.45, 2.75) is 50.9 Å². The number of carbonyl (C=O) groups excluding carboxylic acids is 4. The second-order valence-corrected chi connectivity index (χ2v) is 8.71. The van der Waals surface area contributed by atoms with E-state index >= 15 is 0 Å². The quantitative estimate of drug-likeness (QED) is 0.153. The number of carboxylic acid groups (broad SMARTS) is 1. The van der Waals surface area contributed by atoms with Crippen LogP contribution in [0.1, 0.15) is 25.8 Å². The summed E-state index contributed by atoms with van der Waals surface area (Å²) in [7, 11) is 0. The molecule has 2 rings (SSSR count). The standard InChI is InChI=1S/C23H32N6O7/c1-11(2)19(22(34)28-17(10-30)23(35)36)29-21(33)16(27-20(32)14(24)8-18(25)31)7-12-9-26-15-6-4-3-5-13(12)15/h3-6,9,11,14,16-17,19,26,30H,7-8,10,24H2,1-2H3,(H2,25,31)(H,27,32)(H,28,34)(H,29,33)(H,35,36). The third-order valence-electron chi connectivity index (χ3n) is 5.53. The van der Waals surface area contributed by atoms with Crippen LogP contribution in [-0.4, -0.2) is 75.6 Å². The van der Waals surface area contributed by atoms with E-state index < -0.39 is 72.7 Å². The first kappa shape index (κ1) is 28.3. The summed E-state index contributed by atoms with van der Waals surface area (Å²) < 4.78 is 0. The highest BCUT2D eigenvalue weighted by Gasteiger charge is 2.32. The molecule has 2 aromatic rings. The van der Waals surface area contributed by atoms with Crippen LogP contribution in [0.15, 0.2) is 30.5 Å². The van der Waals surface area contributed by atoms with Crippen LogP contribution < -0.4 is 27.4 Å². The maximum absolute atomic E-state index is 13.3. The zero-order valence-corrected chi connectivity index (χ0v) is 20.0. The minimum absolute atomic E-state index is 0.0195. The molecule has 0 aliphatic carbocycles. The predicted octanol–water partition coefficient (Wildman–Crippen LogP) is -1.90. The number of hydrogen-bond acceptors (Lipinski definition) is 7. The molecule has 13 heteroatoms. The lowest BCUT2D eigenvalue weighted by molar-refractivity contribution is -0.143. The van der Waals surface area contributed by atoms with Gasteiger partial charge in [0.15, 0.2) is 0 Å². The Kier molecular flexibility index (Phi) is 9.93. The molecule has 0 aliphatic rings. The summed E-state index contributed by atoms with van der Waals surface area (Å²) in [6.45, 7) is 2.43. The fraction of sp³-hybridized carbons (Fsp3) is 0.435. The first-order valence-electron chi connectivity index (χ1n) is 11.3. The number of aromatic amines is 1. The van der Waals surface area contributed by atoms with Crippen molar-refractivity contribution in [1.29, 1.82) is 0 Å². The Balaban J connectivity index is 2.28. The number of hydrogen-bond donors (Lipinski definition) is 8. The molecular formula is C23H32N6O7. The molecule has 0 radical (unpaired) electrons. The third kappa shape index (κ3) is 7.52. The molecule has 4 amide bonds. The number of fused-ring (bicyclic) bond motifs is 1. The van der Waals surface area contributed by atoms with E-state index in [1.807, 2.05) is 24.3 Å². The molecule has 13 nitrogen and oxygen atoms in total. The summed E-state index contributed by atoms with van der Waals surface area (Å²) in [4.78, 5) is 64.0. The first-order chi connectivity index (χ1) is 16.9. The highest BCUT2D eigenvalue weighted by atomic mass is 16.4. The van der Waals surface area contributed by atoms with Gasteiger partial charge in [-0.3, -0.25) is 19.2 Å². The lowest BCUT2D eigenvalue weighted by atomic mass is 10.00.